The number of hydrogen-bond donors (Lipinski definition) is 0. The number of anilines is 1. The minimum absolute atomic E-state index is 0.0895. The fraction of sp³-hybridized carbons (Fsp3) is 0.333. The molecule has 2 aromatic carbocycles. The van der Waals surface area contributed by atoms with Crippen molar-refractivity contribution in [2.24, 2.45) is 0 Å². The lowest BCUT2D eigenvalue weighted by Gasteiger charge is -2.29. The van der Waals surface area contributed by atoms with Gasteiger partial charge in [-0.1, -0.05) is 54.6 Å². The van der Waals surface area contributed by atoms with E-state index in [1.165, 1.54) is 16.8 Å². The molecule has 0 radical (unpaired) electrons. The van der Waals surface area contributed by atoms with E-state index in [9.17, 15) is 0 Å². The lowest BCUT2D eigenvalue weighted by atomic mass is 9.94. The smallest absolute Gasteiger partial charge is 0.123 e. The van der Waals surface area contributed by atoms with Crippen LogP contribution in [-0.2, 0) is 12.1 Å². The molecule has 4 nitrogen and oxygen atoms in total. The molecular formula is C21H24N4. The molecule has 4 heteroatoms. The molecule has 0 spiro atoms. The van der Waals surface area contributed by atoms with E-state index in [1.54, 1.807) is 0 Å². The van der Waals surface area contributed by atoms with Gasteiger partial charge in [-0.3, -0.25) is 0 Å². The standard InChI is InChI=1S/C21H24N4/c1-5-21(2,3)25-20-16-11-7-6-10-15(16)14-24(4)18-13-9-8-12-17(18)19(20)22-23-25/h6-13H,5,14H2,1-4H3. The second-order valence-corrected chi connectivity index (χ2v) is 7.39. The molecule has 0 fully saturated rings. The van der Waals surface area contributed by atoms with Gasteiger partial charge in [-0.15, -0.1) is 5.10 Å². The Bertz CT molecular complexity index is 923. The average molecular weight is 332 g/mol. The molecule has 0 aliphatic carbocycles. The molecule has 0 amide bonds. The van der Waals surface area contributed by atoms with Crippen LogP contribution in [0.2, 0.25) is 0 Å². The van der Waals surface area contributed by atoms with Crippen LogP contribution in [0.15, 0.2) is 48.5 Å². The molecule has 2 heterocycles. The van der Waals surface area contributed by atoms with Gasteiger partial charge in [0.05, 0.1) is 11.2 Å². The zero-order valence-corrected chi connectivity index (χ0v) is 15.3. The van der Waals surface area contributed by atoms with Gasteiger partial charge in [0, 0.05) is 30.4 Å². The van der Waals surface area contributed by atoms with Crippen LogP contribution in [-0.4, -0.2) is 22.0 Å². The lowest BCUT2D eigenvalue weighted by molar-refractivity contribution is 0.304. The van der Waals surface area contributed by atoms with E-state index in [0.29, 0.717) is 0 Å². The fourth-order valence-electron chi connectivity index (χ4n) is 3.52. The normalized spacial score (nSPS) is 13.5. The fourth-order valence-corrected chi connectivity index (χ4v) is 3.52. The summed E-state index contributed by atoms with van der Waals surface area (Å²) < 4.78 is 2.11. The average Bonchev–Trinajstić information content (AvgIpc) is 3.06. The molecule has 1 aromatic heterocycles. The number of aromatic nitrogens is 3. The first-order valence-corrected chi connectivity index (χ1v) is 8.88. The Kier molecular flexibility index (Phi) is 3.64. The van der Waals surface area contributed by atoms with Gasteiger partial charge in [0.1, 0.15) is 5.69 Å². The van der Waals surface area contributed by atoms with Crippen LogP contribution in [0, 0.1) is 0 Å². The van der Waals surface area contributed by atoms with E-state index < -0.39 is 0 Å². The van der Waals surface area contributed by atoms with Gasteiger partial charge in [0.2, 0.25) is 0 Å². The third-order valence-electron chi connectivity index (χ3n) is 5.36. The summed E-state index contributed by atoms with van der Waals surface area (Å²) in [5.41, 5.74) is 6.88. The van der Waals surface area contributed by atoms with Crippen molar-refractivity contribution in [2.45, 2.75) is 39.3 Å². The third kappa shape index (κ3) is 2.44. The minimum Gasteiger partial charge on any atom is -0.370 e. The SMILES string of the molecule is CCC(C)(C)n1nnc2c1-c1ccccc1CN(C)c1ccccc1-2. The quantitative estimate of drug-likeness (QED) is 0.682. The van der Waals surface area contributed by atoms with Crippen molar-refractivity contribution in [2.75, 3.05) is 11.9 Å². The van der Waals surface area contributed by atoms with Crippen molar-refractivity contribution in [3.63, 3.8) is 0 Å². The topological polar surface area (TPSA) is 34.0 Å². The summed E-state index contributed by atoms with van der Waals surface area (Å²) in [5, 5.41) is 9.23. The van der Waals surface area contributed by atoms with Gasteiger partial charge >= 0.3 is 0 Å². The Hall–Kier alpha value is -2.62. The number of nitrogens with zero attached hydrogens (tertiary/aromatic N) is 4. The second-order valence-electron chi connectivity index (χ2n) is 7.39. The van der Waals surface area contributed by atoms with Crippen LogP contribution in [0.25, 0.3) is 22.5 Å². The highest BCUT2D eigenvalue weighted by Gasteiger charge is 2.30. The summed E-state index contributed by atoms with van der Waals surface area (Å²) in [6, 6.07) is 17.1. The van der Waals surface area contributed by atoms with Crippen LogP contribution in [0.3, 0.4) is 0 Å². The summed E-state index contributed by atoms with van der Waals surface area (Å²) in [4.78, 5) is 2.29. The minimum atomic E-state index is -0.0895. The van der Waals surface area contributed by atoms with E-state index in [1.807, 2.05) is 0 Å². The molecule has 0 unspecified atom stereocenters. The lowest BCUT2D eigenvalue weighted by Crippen LogP contribution is -2.28. The van der Waals surface area contributed by atoms with Crippen LogP contribution in [0.1, 0.15) is 32.8 Å². The Morgan fingerprint density at radius 2 is 1.68 bits per heavy atom. The van der Waals surface area contributed by atoms with Crippen molar-refractivity contribution in [3.8, 4) is 22.5 Å². The highest BCUT2D eigenvalue weighted by Crippen LogP contribution is 2.42. The third-order valence-corrected chi connectivity index (χ3v) is 5.36. The maximum atomic E-state index is 4.63. The predicted molar refractivity (Wildman–Crippen MR) is 103 cm³/mol. The van der Waals surface area contributed by atoms with E-state index in [0.717, 1.165) is 29.9 Å². The first-order chi connectivity index (χ1) is 12.0. The van der Waals surface area contributed by atoms with E-state index in [4.69, 9.17) is 0 Å². The van der Waals surface area contributed by atoms with Crippen LogP contribution >= 0.6 is 0 Å². The highest BCUT2D eigenvalue weighted by atomic mass is 15.5. The monoisotopic (exact) mass is 332 g/mol. The maximum absolute atomic E-state index is 4.63. The number of fused-ring (bicyclic) bond motifs is 5. The number of rotatable bonds is 2. The summed E-state index contributed by atoms with van der Waals surface area (Å²) >= 11 is 0. The Morgan fingerprint density at radius 1 is 1.00 bits per heavy atom. The van der Waals surface area contributed by atoms with Gasteiger partial charge in [0.25, 0.3) is 0 Å². The largest absolute Gasteiger partial charge is 0.370 e. The van der Waals surface area contributed by atoms with Crippen molar-refractivity contribution in [3.05, 3.63) is 54.1 Å². The maximum Gasteiger partial charge on any atom is 0.123 e. The number of benzene rings is 2. The van der Waals surface area contributed by atoms with Crippen LogP contribution < -0.4 is 4.90 Å². The molecule has 128 valence electrons. The van der Waals surface area contributed by atoms with E-state index in [-0.39, 0.29) is 5.54 Å². The van der Waals surface area contributed by atoms with Crippen molar-refractivity contribution in [1.29, 1.82) is 0 Å². The summed E-state index contributed by atoms with van der Waals surface area (Å²) in [6.45, 7) is 7.51. The number of para-hydroxylation sites is 1. The molecule has 0 bridgehead atoms. The molecule has 4 rings (SSSR count). The zero-order chi connectivity index (χ0) is 17.6. The Labute approximate surface area is 149 Å². The van der Waals surface area contributed by atoms with E-state index in [2.05, 4.69) is 96.2 Å². The van der Waals surface area contributed by atoms with E-state index >= 15 is 0 Å². The van der Waals surface area contributed by atoms with Gasteiger partial charge in [0.15, 0.2) is 0 Å². The molecule has 1 aliphatic heterocycles. The summed E-state index contributed by atoms with van der Waals surface area (Å²) in [5.74, 6) is 0. The predicted octanol–water partition coefficient (Wildman–Crippen LogP) is 4.71. The summed E-state index contributed by atoms with van der Waals surface area (Å²) in [7, 11) is 2.14. The molecule has 0 saturated carbocycles. The Morgan fingerprint density at radius 3 is 2.44 bits per heavy atom. The molecule has 0 atom stereocenters. The van der Waals surface area contributed by atoms with Crippen LogP contribution in [0.4, 0.5) is 5.69 Å². The molecule has 0 N–H and O–H groups in total. The zero-order valence-electron chi connectivity index (χ0n) is 15.3. The highest BCUT2D eigenvalue weighted by molar-refractivity contribution is 5.88. The number of hydrogen-bond acceptors (Lipinski definition) is 3. The first kappa shape index (κ1) is 15.9. The first-order valence-electron chi connectivity index (χ1n) is 8.88. The van der Waals surface area contributed by atoms with Gasteiger partial charge < -0.3 is 4.90 Å². The van der Waals surface area contributed by atoms with Crippen molar-refractivity contribution < 1.29 is 0 Å². The molecule has 0 saturated heterocycles. The molecule has 1 aliphatic rings. The molecule has 25 heavy (non-hydrogen) atoms. The molecule has 3 aromatic rings. The van der Waals surface area contributed by atoms with Crippen LogP contribution in [0.5, 0.6) is 0 Å². The van der Waals surface area contributed by atoms with Crippen molar-refractivity contribution >= 4 is 5.69 Å². The van der Waals surface area contributed by atoms with Gasteiger partial charge in [-0.25, -0.2) is 4.68 Å². The van der Waals surface area contributed by atoms with Crippen molar-refractivity contribution in [1.82, 2.24) is 15.0 Å². The Balaban J connectivity index is 2.09. The van der Waals surface area contributed by atoms with Gasteiger partial charge in [-0.2, -0.15) is 0 Å². The second kappa shape index (κ2) is 5.73. The molecular weight excluding hydrogens is 308 g/mol. The summed E-state index contributed by atoms with van der Waals surface area (Å²) in [6.07, 6.45) is 0.993. The van der Waals surface area contributed by atoms with Gasteiger partial charge in [-0.05, 0) is 31.9 Å².